The fourth-order valence-corrected chi connectivity index (χ4v) is 1.85. The van der Waals surface area contributed by atoms with Gasteiger partial charge < -0.3 is 14.6 Å². The lowest BCUT2D eigenvalue weighted by molar-refractivity contribution is -0.384. The highest BCUT2D eigenvalue weighted by Gasteiger charge is 2.03. The Labute approximate surface area is 158 Å². The number of benzene rings is 2. The average molecular weight is 385 g/mol. The molecule has 0 aliphatic carbocycles. The number of carbonyl (C=O) groups is 2. The number of carboxylic acid groups (broad SMARTS) is 1. The number of hydrogen-bond donors (Lipinski definition) is 1. The first-order valence-electron chi connectivity index (χ1n) is 7.91. The van der Waals surface area contributed by atoms with Crippen molar-refractivity contribution in [2.75, 3.05) is 13.2 Å². The van der Waals surface area contributed by atoms with Gasteiger partial charge in [-0.25, -0.2) is 9.59 Å². The Hall–Kier alpha value is -4.08. The molecule has 28 heavy (non-hydrogen) atoms. The fourth-order valence-electron chi connectivity index (χ4n) is 1.85. The van der Waals surface area contributed by atoms with Gasteiger partial charge in [-0.2, -0.15) is 10.2 Å². The Kier molecular flexibility index (Phi) is 7.34. The van der Waals surface area contributed by atoms with Crippen molar-refractivity contribution in [1.29, 1.82) is 0 Å². The standard InChI is InChI=1S/C18H15N3O7/c22-17(23)9-10-18(24)28-12-11-27-16-7-3-14(4-8-16)20-19-13-1-5-15(6-2-13)21(25)26/h1-10H,11-12H2,(H,22,23)/b10-9-,20-19?. The molecule has 0 aliphatic rings. The third kappa shape index (κ3) is 7.04. The number of nitro benzene ring substituents is 1. The number of carboxylic acids is 1. The number of carbonyl (C=O) groups excluding carboxylic acids is 1. The van der Waals surface area contributed by atoms with Gasteiger partial charge in [0, 0.05) is 24.3 Å². The summed E-state index contributed by atoms with van der Waals surface area (Å²) in [6.45, 7) is 0.0563. The van der Waals surface area contributed by atoms with Crippen LogP contribution in [0.25, 0.3) is 0 Å². The highest BCUT2D eigenvalue weighted by atomic mass is 16.6. The van der Waals surface area contributed by atoms with Gasteiger partial charge in [-0.1, -0.05) is 0 Å². The van der Waals surface area contributed by atoms with Gasteiger partial charge in [0.25, 0.3) is 5.69 Å². The number of rotatable bonds is 9. The predicted molar refractivity (Wildman–Crippen MR) is 96.9 cm³/mol. The summed E-state index contributed by atoms with van der Waals surface area (Å²) < 4.78 is 10.1. The van der Waals surface area contributed by atoms with Crippen LogP contribution in [0.2, 0.25) is 0 Å². The van der Waals surface area contributed by atoms with Crippen molar-refractivity contribution in [1.82, 2.24) is 0 Å². The van der Waals surface area contributed by atoms with Crippen LogP contribution in [0.15, 0.2) is 70.9 Å². The molecule has 0 unspecified atom stereocenters. The molecular weight excluding hydrogens is 370 g/mol. The molecule has 0 spiro atoms. The van der Waals surface area contributed by atoms with Gasteiger partial charge in [0.15, 0.2) is 0 Å². The molecule has 0 saturated carbocycles. The smallest absolute Gasteiger partial charge is 0.331 e. The van der Waals surface area contributed by atoms with E-state index in [4.69, 9.17) is 14.6 Å². The molecular formula is C18H15N3O7. The molecule has 0 saturated heterocycles. The number of ether oxygens (including phenoxy) is 2. The van der Waals surface area contributed by atoms with Gasteiger partial charge in [-0.05, 0) is 36.4 Å². The SMILES string of the molecule is O=C(O)/C=C\C(=O)OCCOc1ccc(N=Nc2ccc([N+](=O)[O-])cc2)cc1. The minimum Gasteiger partial charge on any atom is -0.490 e. The van der Waals surface area contributed by atoms with E-state index in [1.807, 2.05) is 0 Å². The van der Waals surface area contributed by atoms with E-state index in [1.54, 1.807) is 24.3 Å². The van der Waals surface area contributed by atoms with E-state index < -0.39 is 16.9 Å². The zero-order valence-corrected chi connectivity index (χ0v) is 14.4. The lowest BCUT2D eigenvalue weighted by atomic mass is 10.3. The highest BCUT2D eigenvalue weighted by Crippen LogP contribution is 2.22. The van der Waals surface area contributed by atoms with Crippen LogP contribution in [0.3, 0.4) is 0 Å². The first kappa shape index (κ1) is 20.2. The zero-order valence-electron chi connectivity index (χ0n) is 14.4. The van der Waals surface area contributed by atoms with Crippen molar-refractivity contribution in [3.8, 4) is 5.75 Å². The fraction of sp³-hybridized carbons (Fsp3) is 0.111. The number of hydrogen-bond acceptors (Lipinski definition) is 8. The van der Waals surface area contributed by atoms with Crippen LogP contribution in [-0.4, -0.2) is 35.2 Å². The maximum atomic E-state index is 11.2. The maximum absolute atomic E-state index is 11.2. The topological polar surface area (TPSA) is 141 Å². The molecule has 0 bridgehead atoms. The van der Waals surface area contributed by atoms with Crippen molar-refractivity contribution in [3.63, 3.8) is 0 Å². The number of aliphatic carboxylic acids is 1. The average Bonchev–Trinajstić information content (AvgIpc) is 2.69. The van der Waals surface area contributed by atoms with E-state index in [-0.39, 0.29) is 18.9 Å². The molecule has 0 fully saturated rings. The normalized spacial score (nSPS) is 10.9. The molecule has 2 aromatic carbocycles. The van der Waals surface area contributed by atoms with Crippen LogP contribution >= 0.6 is 0 Å². The molecule has 0 radical (unpaired) electrons. The molecule has 10 nitrogen and oxygen atoms in total. The van der Waals surface area contributed by atoms with Crippen molar-refractivity contribution >= 4 is 29.0 Å². The minimum atomic E-state index is -1.24. The molecule has 144 valence electrons. The second kappa shape index (κ2) is 10.2. The van der Waals surface area contributed by atoms with Crippen LogP contribution in [0.4, 0.5) is 17.1 Å². The number of esters is 1. The maximum Gasteiger partial charge on any atom is 0.331 e. The number of non-ortho nitro benzene ring substituents is 1. The van der Waals surface area contributed by atoms with E-state index in [9.17, 15) is 19.7 Å². The molecule has 2 rings (SSSR count). The van der Waals surface area contributed by atoms with Crippen LogP contribution < -0.4 is 4.74 Å². The van der Waals surface area contributed by atoms with E-state index in [0.717, 1.165) is 6.08 Å². The Morgan fingerprint density at radius 3 is 2.07 bits per heavy atom. The van der Waals surface area contributed by atoms with Crippen LogP contribution in [0.5, 0.6) is 5.75 Å². The van der Waals surface area contributed by atoms with E-state index in [0.29, 0.717) is 23.2 Å². The second-order valence-electron chi connectivity index (χ2n) is 5.15. The van der Waals surface area contributed by atoms with Crippen molar-refractivity contribution < 1.29 is 29.1 Å². The summed E-state index contributed by atoms with van der Waals surface area (Å²) in [5.74, 6) is -1.49. The summed E-state index contributed by atoms with van der Waals surface area (Å²) in [7, 11) is 0. The summed E-state index contributed by atoms with van der Waals surface area (Å²) in [5, 5.41) is 27.0. The first-order chi connectivity index (χ1) is 13.4. The summed E-state index contributed by atoms with van der Waals surface area (Å²) in [6.07, 6.45) is 1.50. The zero-order chi connectivity index (χ0) is 20.4. The Morgan fingerprint density at radius 1 is 0.964 bits per heavy atom. The third-order valence-corrected chi connectivity index (χ3v) is 3.14. The number of nitro groups is 1. The van der Waals surface area contributed by atoms with Gasteiger partial charge in [-0.3, -0.25) is 10.1 Å². The van der Waals surface area contributed by atoms with Gasteiger partial charge in [-0.15, -0.1) is 0 Å². The van der Waals surface area contributed by atoms with E-state index in [1.165, 1.54) is 24.3 Å². The molecule has 0 atom stereocenters. The van der Waals surface area contributed by atoms with Gasteiger partial charge in [0.2, 0.25) is 0 Å². The molecule has 2 aromatic rings. The molecule has 0 aliphatic heterocycles. The molecule has 0 aromatic heterocycles. The van der Waals surface area contributed by atoms with Crippen molar-refractivity contribution in [3.05, 3.63) is 70.8 Å². The largest absolute Gasteiger partial charge is 0.490 e. The molecule has 1 N–H and O–H groups in total. The monoisotopic (exact) mass is 385 g/mol. The summed E-state index contributed by atoms with van der Waals surface area (Å²) >= 11 is 0. The van der Waals surface area contributed by atoms with Gasteiger partial charge >= 0.3 is 11.9 Å². The summed E-state index contributed by atoms with van der Waals surface area (Å²) in [5.41, 5.74) is 1.00. The van der Waals surface area contributed by atoms with E-state index in [2.05, 4.69) is 10.2 Å². The summed E-state index contributed by atoms with van der Waals surface area (Å²) in [4.78, 5) is 31.5. The Bertz CT molecular complexity index is 890. The van der Waals surface area contributed by atoms with Gasteiger partial charge in [0.05, 0.1) is 16.3 Å². The Morgan fingerprint density at radius 2 is 1.54 bits per heavy atom. The highest BCUT2D eigenvalue weighted by molar-refractivity contribution is 5.90. The first-order valence-corrected chi connectivity index (χ1v) is 7.91. The molecule has 10 heteroatoms. The van der Waals surface area contributed by atoms with Crippen LogP contribution in [0.1, 0.15) is 0 Å². The van der Waals surface area contributed by atoms with Crippen LogP contribution in [-0.2, 0) is 14.3 Å². The van der Waals surface area contributed by atoms with Crippen LogP contribution in [0, 0.1) is 10.1 Å². The van der Waals surface area contributed by atoms with Crippen molar-refractivity contribution in [2.45, 2.75) is 0 Å². The molecule has 0 heterocycles. The quantitative estimate of drug-likeness (QED) is 0.174. The predicted octanol–water partition coefficient (Wildman–Crippen LogP) is 3.57. The van der Waals surface area contributed by atoms with Crippen molar-refractivity contribution in [2.24, 2.45) is 10.2 Å². The minimum absolute atomic E-state index is 0.0240. The second-order valence-corrected chi connectivity index (χ2v) is 5.15. The Balaban J connectivity index is 1.79. The lowest BCUT2D eigenvalue weighted by Crippen LogP contribution is -2.10. The third-order valence-electron chi connectivity index (χ3n) is 3.14. The number of azo groups is 1. The molecule has 0 amide bonds. The summed E-state index contributed by atoms with van der Waals surface area (Å²) in [6, 6.07) is 12.3. The number of nitrogens with zero attached hydrogens (tertiary/aromatic N) is 3. The van der Waals surface area contributed by atoms with E-state index >= 15 is 0 Å². The lowest BCUT2D eigenvalue weighted by Gasteiger charge is -2.06. The van der Waals surface area contributed by atoms with Gasteiger partial charge in [0.1, 0.15) is 19.0 Å².